The summed E-state index contributed by atoms with van der Waals surface area (Å²) in [7, 11) is 0. The lowest BCUT2D eigenvalue weighted by Crippen LogP contribution is -2.36. The van der Waals surface area contributed by atoms with E-state index < -0.39 is 0 Å². The molecule has 2 rings (SSSR count). The van der Waals surface area contributed by atoms with Crippen molar-refractivity contribution in [3.05, 3.63) is 16.1 Å². The molecule has 0 radical (unpaired) electrons. The third-order valence-corrected chi connectivity index (χ3v) is 4.83. The number of aromatic nitrogens is 1. The van der Waals surface area contributed by atoms with Crippen LogP contribution in [0.3, 0.4) is 0 Å². The summed E-state index contributed by atoms with van der Waals surface area (Å²) in [6.07, 6.45) is 2.05. The Morgan fingerprint density at radius 1 is 1.42 bits per heavy atom. The first kappa shape index (κ1) is 14.9. The van der Waals surface area contributed by atoms with E-state index in [2.05, 4.69) is 31.1 Å². The molecular weight excluding hydrogens is 256 g/mol. The van der Waals surface area contributed by atoms with E-state index in [1.165, 1.54) is 10.7 Å². The minimum atomic E-state index is -0.158. The highest BCUT2D eigenvalue weighted by atomic mass is 32.1. The van der Waals surface area contributed by atoms with Gasteiger partial charge in [-0.05, 0) is 38.8 Å². The van der Waals surface area contributed by atoms with E-state index in [4.69, 9.17) is 4.98 Å². The van der Waals surface area contributed by atoms with Crippen LogP contribution in [0.2, 0.25) is 0 Å². The van der Waals surface area contributed by atoms with Crippen LogP contribution in [0.15, 0.2) is 5.38 Å². The summed E-state index contributed by atoms with van der Waals surface area (Å²) in [5.74, 6) is 0.484. The van der Waals surface area contributed by atoms with Crippen molar-refractivity contribution >= 4 is 11.3 Å². The van der Waals surface area contributed by atoms with Gasteiger partial charge in [0.15, 0.2) is 0 Å². The van der Waals surface area contributed by atoms with Crippen LogP contribution >= 0.6 is 11.3 Å². The van der Waals surface area contributed by atoms with E-state index in [1.807, 2.05) is 6.92 Å². The van der Waals surface area contributed by atoms with Gasteiger partial charge < -0.3 is 5.11 Å². The quantitative estimate of drug-likeness (QED) is 0.926. The summed E-state index contributed by atoms with van der Waals surface area (Å²) in [5, 5.41) is 13.0. The van der Waals surface area contributed by atoms with E-state index >= 15 is 0 Å². The van der Waals surface area contributed by atoms with Crippen molar-refractivity contribution in [1.29, 1.82) is 0 Å². The summed E-state index contributed by atoms with van der Waals surface area (Å²) in [5.41, 5.74) is 1.35. The molecule has 0 amide bonds. The summed E-state index contributed by atoms with van der Waals surface area (Å²) >= 11 is 1.78. The molecule has 108 valence electrons. The van der Waals surface area contributed by atoms with Gasteiger partial charge >= 0.3 is 0 Å². The molecule has 3 nitrogen and oxygen atoms in total. The summed E-state index contributed by atoms with van der Waals surface area (Å²) < 4.78 is 0. The monoisotopic (exact) mass is 282 g/mol. The van der Waals surface area contributed by atoms with Gasteiger partial charge in [-0.3, -0.25) is 4.90 Å². The first-order valence-corrected chi connectivity index (χ1v) is 8.09. The van der Waals surface area contributed by atoms with Gasteiger partial charge in [0.25, 0.3) is 0 Å². The Morgan fingerprint density at radius 3 is 2.53 bits per heavy atom. The Labute approximate surface area is 120 Å². The lowest BCUT2D eigenvalue weighted by molar-refractivity contribution is 0.0695. The van der Waals surface area contributed by atoms with Crippen molar-refractivity contribution in [2.45, 2.75) is 58.6 Å². The normalized spacial score (nSPS) is 20.7. The van der Waals surface area contributed by atoms with Crippen molar-refractivity contribution in [1.82, 2.24) is 9.88 Å². The largest absolute Gasteiger partial charge is 0.393 e. The highest BCUT2D eigenvalue weighted by molar-refractivity contribution is 7.09. The van der Waals surface area contributed by atoms with E-state index in [9.17, 15) is 5.11 Å². The fourth-order valence-corrected chi connectivity index (χ4v) is 3.57. The number of nitrogens with zero attached hydrogens (tertiary/aromatic N) is 2. The van der Waals surface area contributed by atoms with Gasteiger partial charge in [0.1, 0.15) is 5.01 Å². The number of hydrogen-bond acceptors (Lipinski definition) is 4. The molecule has 0 aromatic carbocycles. The van der Waals surface area contributed by atoms with E-state index in [-0.39, 0.29) is 11.5 Å². The van der Waals surface area contributed by atoms with Crippen LogP contribution in [-0.4, -0.2) is 34.2 Å². The van der Waals surface area contributed by atoms with Crippen LogP contribution in [0.4, 0.5) is 0 Å². The van der Waals surface area contributed by atoms with Gasteiger partial charge in [0.2, 0.25) is 0 Å². The smallest absolute Gasteiger partial charge is 0.107 e. The van der Waals surface area contributed by atoms with E-state index in [0.29, 0.717) is 5.92 Å². The average molecular weight is 282 g/mol. The van der Waals surface area contributed by atoms with Gasteiger partial charge in [-0.15, -0.1) is 11.3 Å². The number of aliphatic hydroxyl groups is 1. The number of thiazole rings is 1. The van der Waals surface area contributed by atoms with Gasteiger partial charge in [0, 0.05) is 10.8 Å². The van der Waals surface area contributed by atoms with Crippen molar-refractivity contribution in [3.63, 3.8) is 0 Å². The van der Waals surface area contributed by atoms with Crippen LogP contribution < -0.4 is 0 Å². The van der Waals surface area contributed by atoms with Crippen molar-refractivity contribution in [2.24, 2.45) is 5.92 Å². The third kappa shape index (κ3) is 4.01. The molecule has 1 aliphatic heterocycles. The molecule has 0 saturated carbocycles. The molecule has 1 N–H and O–H groups in total. The van der Waals surface area contributed by atoms with Gasteiger partial charge in [-0.2, -0.15) is 0 Å². The zero-order valence-electron chi connectivity index (χ0n) is 12.5. The topological polar surface area (TPSA) is 36.4 Å². The Kier molecular flexibility index (Phi) is 4.64. The molecular formula is C15H26N2OS. The van der Waals surface area contributed by atoms with E-state index in [1.54, 1.807) is 11.3 Å². The van der Waals surface area contributed by atoms with Gasteiger partial charge in [0.05, 0.1) is 18.3 Å². The second-order valence-electron chi connectivity index (χ2n) is 6.73. The lowest BCUT2D eigenvalue weighted by Gasteiger charge is -2.32. The molecule has 4 heteroatoms. The first-order valence-electron chi connectivity index (χ1n) is 7.21. The highest BCUT2D eigenvalue weighted by Gasteiger charge is 2.24. The molecule has 1 atom stereocenters. The molecule has 1 aromatic heterocycles. The van der Waals surface area contributed by atoms with Crippen molar-refractivity contribution in [2.75, 3.05) is 13.1 Å². The summed E-state index contributed by atoms with van der Waals surface area (Å²) in [6, 6.07) is 0. The highest BCUT2D eigenvalue weighted by Crippen LogP contribution is 2.26. The lowest BCUT2D eigenvalue weighted by atomic mass is 9.92. The predicted molar refractivity (Wildman–Crippen MR) is 80.5 cm³/mol. The second kappa shape index (κ2) is 5.90. The maximum absolute atomic E-state index is 9.62. The van der Waals surface area contributed by atoms with Crippen LogP contribution in [0.5, 0.6) is 0 Å². The Bertz CT molecular complexity index is 401. The van der Waals surface area contributed by atoms with Crippen LogP contribution in [0.25, 0.3) is 0 Å². The average Bonchev–Trinajstić information content (AvgIpc) is 2.78. The van der Waals surface area contributed by atoms with E-state index in [0.717, 1.165) is 32.5 Å². The molecule has 1 saturated heterocycles. The van der Waals surface area contributed by atoms with Gasteiger partial charge in [-0.25, -0.2) is 4.98 Å². The van der Waals surface area contributed by atoms with Crippen molar-refractivity contribution in [3.8, 4) is 0 Å². The van der Waals surface area contributed by atoms with Crippen molar-refractivity contribution < 1.29 is 5.11 Å². The summed E-state index contributed by atoms with van der Waals surface area (Å²) in [6.45, 7) is 11.7. The van der Waals surface area contributed by atoms with Crippen LogP contribution in [0, 0.1) is 5.92 Å². The Balaban J connectivity index is 1.87. The number of piperidine rings is 1. The molecule has 1 aliphatic rings. The predicted octanol–water partition coefficient (Wildman–Crippen LogP) is 3.03. The molecule has 2 heterocycles. The number of rotatable bonds is 3. The Morgan fingerprint density at radius 2 is 2.05 bits per heavy atom. The first-order chi connectivity index (χ1) is 8.86. The SMILES string of the molecule is CC(O)C1CCN(Cc2nc(C(C)(C)C)cs2)CC1. The number of likely N-dealkylation sites (tertiary alicyclic amines) is 1. The molecule has 0 spiro atoms. The minimum absolute atomic E-state index is 0.147. The van der Waals surface area contributed by atoms with Gasteiger partial charge in [-0.1, -0.05) is 20.8 Å². The number of hydrogen-bond donors (Lipinski definition) is 1. The molecule has 1 unspecified atom stereocenters. The number of aliphatic hydroxyl groups excluding tert-OH is 1. The molecule has 1 aromatic rings. The standard InChI is InChI=1S/C15H26N2OS/c1-11(18)12-5-7-17(8-6-12)9-14-16-13(10-19-14)15(2,3)4/h10-12,18H,5-9H2,1-4H3. The zero-order chi connectivity index (χ0) is 14.0. The molecule has 0 bridgehead atoms. The maximum Gasteiger partial charge on any atom is 0.107 e. The molecule has 1 fully saturated rings. The molecule has 19 heavy (non-hydrogen) atoms. The zero-order valence-corrected chi connectivity index (χ0v) is 13.3. The fraction of sp³-hybridized carbons (Fsp3) is 0.800. The third-order valence-electron chi connectivity index (χ3n) is 3.99. The van der Waals surface area contributed by atoms with Crippen LogP contribution in [0.1, 0.15) is 51.2 Å². The Hall–Kier alpha value is -0.450. The molecule has 0 aliphatic carbocycles. The maximum atomic E-state index is 9.62. The fourth-order valence-electron chi connectivity index (χ4n) is 2.51. The minimum Gasteiger partial charge on any atom is -0.393 e. The summed E-state index contributed by atoms with van der Waals surface area (Å²) in [4.78, 5) is 7.22. The van der Waals surface area contributed by atoms with Crippen LogP contribution in [-0.2, 0) is 12.0 Å². The second-order valence-corrected chi connectivity index (χ2v) is 7.67.